The van der Waals surface area contributed by atoms with Gasteiger partial charge in [-0.3, -0.25) is 0 Å². The zero-order valence-electron chi connectivity index (χ0n) is 16.1. The van der Waals surface area contributed by atoms with E-state index in [4.69, 9.17) is 15.2 Å². The minimum atomic E-state index is -0.470. The van der Waals surface area contributed by atoms with Crippen LogP contribution in [0.3, 0.4) is 0 Å². The number of hydrogen-bond acceptors (Lipinski definition) is 5. The molecule has 2 N–H and O–H groups in total. The maximum absolute atomic E-state index is 6.36. The summed E-state index contributed by atoms with van der Waals surface area (Å²) in [5, 5.41) is 2.19. The fourth-order valence-corrected chi connectivity index (χ4v) is 4.27. The maximum Gasteiger partial charge on any atom is 0.213 e. The van der Waals surface area contributed by atoms with Crippen molar-refractivity contribution in [3.05, 3.63) is 54.1 Å². The molecule has 2 aromatic carbocycles. The second-order valence-corrected chi connectivity index (χ2v) is 7.68. The highest BCUT2D eigenvalue weighted by Gasteiger charge is 2.40. The number of fused-ring (bicyclic) bond motifs is 2. The Hall–Kier alpha value is -2.63. The molecule has 0 aliphatic carbocycles. The van der Waals surface area contributed by atoms with E-state index in [1.54, 1.807) is 0 Å². The predicted molar refractivity (Wildman–Crippen MR) is 111 cm³/mol. The molecule has 0 unspecified atom stereocenters. The number of nitrogen functional groups attached to an aromatic ring is 1. The molecule has 1 fully saturated rings. The van der Waals surface area contributed by atoms with Crippen LogP contribution < -0.4 is 10.5 Å². The van der Waals surface area contributed by atoms with Crippen molar-refractivity contribution >= 4 is 16.6 Å². The molecule has 0 amide bonds. The Morgan fingerprint density at radius 3 is 2.75 bits per heavy atom. The number of pyridine rings is 1. The zero-order chi connectivity index (χ0) is 19.1. The van der Waals surface area contributed by atoms with Crippen LogP contribution in [0.1, 0.15) is 25.3 Å². The summed E-state index contributed by atoms with van der Waals surface area (Å²) in [6, 6.07) is 16.4. The molecule has 0 saturated carbocycles. The third kappa shape index (κ3) is 3.01. The number of nitrogens with zero attached hydrogens (tertiary/aromatic N) is 2. The van der Waals surface area contributed by atoms with Gasteiger partial charge in [-0.2, -0.15) is 0 Å². The van der Waals surface area contributed by atoms with Crippen LogP contribution in [0.4, 0.5) is 5.82 Å². The number of likely N-dealkylation sites (tertiary alicyclic amines) is 1. The van der Waals surface area contributed by atoms with Crippen LogP contribution in [0, 0.1) is 0 Å². The largest absolute Gasteiger partial charge is 0.462 e. The molecule has 144 valence electrons. The van der Waals surface area contributed by atoms with Gasteiger partial charge in [0.15, 0.2) is 0 Å². The molecule has 3 heterocycles. The van der Waals surface area contributed by atoms with Crippen molar-refractivity contribution in [2.45, 2.75) is 32.2 Å². The summed E-state index contributed by atoms with van der Waals surface area (Å²) < 4.78 is 12.6. The van der Waals surface area contributed by atoms with Crippen LogP contribution in [0.2, 0.25) is 0 Å². The van der Waals surface area contributed by atoms with Crippen molar-refractivity contribution in [3.63, 3.8) is 0 Å². The van der Waals surface area contributed by atoms with Gasteiger partial charge >= 0.3 is 0 Å². The molecule has 5 heteroatoms. The zero-order valence-corrected chi connectivity index (χ0v) is 16.1. The number of aromatic nitrogens is 1. The lowest BCUT2D eigenvalue weighted by Crippen LogP contribution is -2.51. The Morgan fingerprint density at radius 1 is 1.11 bits per heavy atom. The number of benzene rings is 2. The standard InChI is InChI=1S/C23H25N3O2/c1-2-26-11-9-23(10-12-26)27-15-18-13-17(7-8-20(18)28-23)22-19-6-4-3-5-16(19)14-21(24)25-22/h3-8,13-14H,2,9-12,15H2,1H3,(H2,24,25). The molecular weight excluding hydrogens is 350 g/mol. The van der Waals surface area contributed by atoms with Gasteiger partial charge in [-0.1, -0.05) is 31.2 Å². The van der Waals surface area contributed by atoms with Crippen molar-refractivity contribution in [2.75, 3.05) is 25.4 Å². The van der Waals surface area contributed by atoms with E-state index in [0.717, 1.165) is 65.8 Å². The van der Waals surface area contributed by atoms with Crippen LogP contribution in [-0.2, 0) is 11.3 Å². The smallest absolute Gasteiger partial charge is 0.213 e. The first kappa shape index (κ1) is 17.5. The highest BCUT2D eigenvalue weighted by atomic mass is 16.7. The average Bonchev–Trinajstić information content (AvgIpc) is 2.73. The van der Waals surface area contributed by atoms with Crippen LogP contribution in [-0.4, -0.2) is 35.3 Å². The summed E-state index contributed by atoms with van der Waals surface area (Å²) in [7, 11) is 0. The number of hydrogen-bond donors (Lipinski definition) is 1. The molecule has 1 spiro atoms. The predicted octanol–water partition coefficient (Wildman–Crippen LogP) is 4.21. The van der Waals surface area contributed by atoms with Gasteiger partial charge < -0.3 is 20.1 Å². The van der Waals surface area contributed by atoms with Gasteiger partial charge in [-0.15, -0.1) is 0 Å². The van der Waals surface area contributed by atoms with Gasteiger partial charge in [-0.05, 0) is 36.2 Å². The van der Waals surface area contributed by atoms with Gasteiger partial charge in [0.2, 0.25) is 5.79 Å². The van der Waals surface area contributed by atoms with Crippen molar-refractivity contribution in [2.24, 2.45) is 0 Å². The fraction of sp³-hybridized carbons (Fsp3) is 0.348. The monoisotopic (exact) mass is 375 g/mol. The molecule has 3 aromatic rings. The molecular formula is C23H25N3O2. The molecule has 28 heavy (non-hydrogen) atoms. The molecule has 0 radical (unpaired) electrons. The second kappa shape index (κ2) is 6.76. The molecule has 2 aliphatic heterocycles. The summed E-state index contributed by atoms with van der Waals surface area (Å²) in [4.78, 5) is 7.05. The topological polar surface area (TPSA) is 60.6 Å². The summed E-state index contributed by atoms with van der Waals surface area (Å²) in [5.41, 5.74) is 9.05. The Morgan fingerprint density at radius 2 is 1.93 bits per heavy atom. The molecule has 5 rings (SSSR count). The summed E-state index contributed by atoms with van der Waals surface area (Å²) in [6.07, 6.45) is 1.81. The molecule has 5 nitrogen and oxygen atoms in total. The van der Waals surface area contributed by atoms with Gasteiger partial charge in [0.25, 0.3) is 0 Å². The summed E-state index contributed by atoms with van der Waals surface area (Å²) in [5.74, 6) is 0.983. The highest BCUT2D eigenvalue weighted by molar-refractivity contribution is 5.96. The second-order valence-electron chi connectivity index (χ2n) is 7.68. The first-order chi connectivity index (χ1) is 13.7. The first-order valence-corrected chi connectivity index (χ1v) is 10.00. The third-order valence-corrected chi connectivity index (χ3v) is 5.95. The maximum atomic E-state index is 6.36. The van der Waals surface area contributed by atoms with E-state index in [1.807, 2.05) is 18.2 Å². The quantitative estimate of drug-likeness (QED) is 0.727. The lowest BCUT2D eigenvalue weighted by molar-refractivity contribution is -0.227. The van der Waals surface area contributed by atoms with E-state index >= 15 is 0 Å². The third-order valence-electron chi connectivity index (χ3n) is 5.95. The number of anilines is 1. The van der Waals surface area contributed by atoms with E-state index < -0.39 is 5.79 Å². The van der Waals surface area contributed by atoms with Crippen molar-refractivity contribution in [1.29, 1.82) is 0 Å². The number of ether oxygens (including phenoxy) is 2. The first-order valence-electron chi connectivity index (χ1n) is 10.00. The van der Waals surface area contributed by atoms with E-state index in [9.17, 15) is 0 Å². The molecule has 0 bridgehead atoms. The van der Waals surface area contributed by atoms with Gasteiger partial charge in [0, 0.05) is 42.4 Å². The molecule has 1 aromatic heterocycles. The van der Waals surface area contributed by atoms with Crippen LogP contribution in [0.25, 0.3) is 22.0 Å². The fourth-order valence-electron chi connectivity index (χ4n) is 4.27. The van der Waals surface area contributed by atoms with E-state index in [1.165, 1.54) is 0 Å². The van der Waals surface area contributed by atoms with E-state index in [-0.39, 0.29) is 0 Å². The van der Waals surface area contributed by atoms with Crippen LogP contribution >= 0.6 is 0 Å². The number of nitrogens with two attached hydrogens (primary N) is 1. The minimum Gasteiger partial charge on any atom is -0.462 e. The molecule has 0 atom stereocenters. The van der Waals surface area contributed by atoms with E-state index in [2.05, 4.69) is 47.1 Å². The van der Waals surface area contributed by atoms with Crippen LogP contribution in [0.15, 0.2) is 48.5 Å². The van der Waals surface area contributed by atoms with Crippen LogP contribution in [0.5, 0.6) is 5.75 Å². The summed E-state index contributed by atoms with van der Waals surface area (Å²) >= 11 is 0. The highest BCUT2D eigenvalue weighted by Crippen LogP contribution is 2.39. The number of rotatable bonds is 2. The Kier molecular flexibility index (Phi) is 4.22. The van der Waals surface area contributed by atoms with Gasteiger partial charge in [0.05, 0.1) is 12.3 Å². The van der Waals surface area contributed by atoms with Crippen molar-refractivity contribution in [1.82, 2.24) is 9.88 Å². The lowest BCUT2D eigenvalue weighted by Gasteiger charge is -2.43. The van der Waals surface area contributed by atoms with E-state index in [0.29, 0.717) is 12.4 Å². The normalized spacial score (nSPS) is 18.8. The summed E-state index contributed by atoms with van der Waals surface area (Å²) in [6.45, 7) is 5.88. The Balaban J connectivity index is 1.47. The van der Waals surface area contributed by atoms with Crippen molar-refractivity contribution < 1.29 is 9.47 Å². The average molecular weight is 375 g/mol. The minimum absolute atomic E-state index is 0.470. The number of piperidine rings is 1. The van der Waals surface area contributed by atoms with Gasteiger partial charge in [0.1, 0.15) is 11.6 Å². The van der Waals surface area contributed by atoms with Gasteiger partial charge in [-0.25, -0.2) is 4.98 Å². The SMILES string of the molecule is CCN1CCC2(CC1)OCc1cc(-c3nc(N)cc4ccccc34)ccc1O2. The van der Waals surface area contributed by atoms with Crippen molar-refractivity contribution in [3.8, 4) is 17.0 Å². The molecule has 2 aliphatic rings. The molecule has 1 saturated heterocycles. The Bertz CT molecular complexity index is 1030. The Labute approximate surface area is 165 Å². The lowest BCUT2D eigenvalue weighted by atomic mass is 9.99.